The predicted octanol–water partition coefficient (Wildman–Crippen LogP) is 0.122. The number of carbonyl (C=O) groups is 2. The maximum Gasteiger partial charge on any atom is 0.365 e. The Morgan fingerprint density at radius 1 is 1.32 bits per heavy atom. The number of benzene rings is 1. The van der Waals surface area contributed by atoms with Gasteiger partial charge >= 0.3 is 5.97 Å². The maximum absolute atomic E-state index is 12.6. The third kappa shape index (κ3) is 3.67. The molecule has 1 fully saturated rings. The van der Waals surface area contributed by atoms with Crippen molar-refractivity contribution in [2.75, 3.05) is 13.7 Å². The van der Waals surface area contributed by atoms with Gasteiger partial charge in [-0.3, -0.25) is 4.79 Å². The Bertz CT molecular complexity index is 704. The summed E-state index contributed by atoms with van der Waals surface area (Å²) in [5.74, 6) is -0.472. The SMILES string of the molecule is COC(=O)[C@@H]1Cc2ccccc2C[NH+]1CC(=O)NC1(C#N)CCCC1. The summed E-state index contributed by atoms with van der Waals surface area (Å²) in [7, 11) is 1.38. The van der Waals surface area contributed by atoms with Crippen molar-refractivity contribution in [1.82, 2.24) is 5.32 Å². The lowest BCUT2D eigenvalue weighted by Gasteiger charge is -2.32. The molecular weight excluding hydrogens is 318 g/mol. The zero-order valence-electron chi connectivity index (χ0n) is 14.5. The highest BCUT2D eigenvalue weighted by Gasteiger charge is 2.40. The number of quaternary nitrogens is 1. The van der Waals surface area contributed by atoms with Crippen LogP contribution in [0, 0.1) is 11.3 Å². The van der Waals surface area contributed by atoms with Gasteiger partial charge in [0.05, 0.1) is 13.2 Å². The number of hydrogen-bond acceptors (Lipinski definition) is 4. The molecule has 132 valence electrons. The summed E-state index contributed by atoms with van der Waals surface area (Å²) in [6, 6.07) is 9.86. The minimum atomic E-state index is -0.731. The van der Waals surface area contributed by atoms with Gasteiger partial charge in [0, 0.05) is 12.0 Å². The van der Waals surface area contributed by atoms with Crippen LogP contribution in [0.3, 0.4) is 0 Å². The molecule has 6 heteroatoms. The molecule has 1 aliphatic carbocycles. The summed E-state index contributed by atoms with van der Waals surface area (Å²) in [6.45, 7) is 0.764. The van der Waals surface area contributed by atoms with Gasteiger partial charge in [-0.25, -0.2) is 4.79 Å². The lowest BCUT2D eigenvalue weighted by molar-refractivity contribution is -0.924. The summed E-state index contributed by atoms with van der Waals surface area (Å²) < 4.78 is 4.95. The van der Waals surface area contributed by atoms with Crippen molar-refractivity contribution in [3.8, 4) is 6.07 Å². The number of ether oxygens (including phenoxy) is 1. The second kappa shape index (κ2) is 7.24. The Kier molecular flexibility index (Phi) is 5.05. The zero-order chi connectivity index (χ0) is 17.9. The summed E-state index contributed by atoms with van der Waals surface area (Å²) in [5, 5.41) is 12.4. The van der Waals surface area contributed by atoms with E-state index in [1.165, 1.54) is 7.11 Å². The molecule has 0 bridgehead atoms. The van der Waals surface area contributed by atoms with Crippen LogP contribution in [-0.2, 0) is 27.3 Å². The molecule has 1 heterocycles. The van der Waals surface area contributed by atoms with Crippen molar-refractivity contribution in [1.29, 1.82) is 5.26 Å². The van der Waals surface area contributed by atoms with Crippen molar-refractivity contribution in [3.05, 3.63) is 35.4 Å². The Morgan fingerprint density at radius 2 is 2.00 bits per heavy atom. The number of fused-ring (bicyclic) bond motifs is 1. The molecule has 1 amide bonds. The number of amides is 1. The molecule has 0 aromatic heterocycles. The zero-order valence-corrected chi connectivity index (χ0v) is 14.5. The third-order valence-electron chi connectivity index (χ3n) is 5.38. The Labute approximate surface area is 147 Å². The number of methoxy groups -OCH3 is 1. The standard InChI is InChI=1S/C19H23N3O3/c1-25-18(24)16-10-14-6-2-3-7-15(14)11-22(16)12-17(23)21-19(13-20)8-4-5-9-19/h2-3,6-7,16H,4-5,8-12H2,1H3,(H,21,23)/p+1/t16-/m0/s1. The number of rotatable bonds is 4. The first-order chi connectivity index (χ1) is 12.1. The first-order valence-corrected chi connectivity index (χ1v) is 8.78. The van der Waals surface area contributed by atoms with Gasteiger partial charge in [0.15, 0.2) is 12.6 Å². The van der Waals surface area contributed by atoms with Gasteiger partial charge in [-0.2, -0.15) is 5.26 Å². The van der Waals surface area contributed by atoms with Crippen LogP contribution in [0.4, 0.5) is 0 Å². The van der Waals surface area contributed by atoms with E-state index in [1.807, 2.05) is 24.3 Å². The maximum atomic E-state index is 12.6. The molecule has 3 rings (SSSR count). The Hall–Kier alpha value is -2.39. The highest BCUT2D eigenvalue weighted by Crippen LogP contribution is 2.28. The van der Waals surface area contributed by atoms with Gasteiger partial charge in [-0.15, -0.1) is 0 Å². The molecule has 0 saturated heterocycles. The highest BCUT2D eigenvalue weighted by atomic mass is 16.5. The molecule has 2 atom stereocenters. The lowest BCUT2D eigenvalue weighted by Crippen LogP contribution is -3.17. The first kappa shape index (κ1) is 17.4. The van der Waals surface area contributed by atoms with Crippen molar-refractivity contribution < 1.29 is 19.2 Å². The van der Waals surface area contributed by atoms with Gasteiger partial charge in [0.1, 0.15) is 12.1 Å². The first-order valence-electron chi connectivity index (χ1n) is 8.78. The molecule has 25 heavy (non-hydrogen) atoms. The molecule has 6 nitrogen and oxygen atoms in total. The van der Waals surface area contributed by atoms with E-state index in [0.29, 0.717) is 25.8 Å². The molecule has 1 aromatic rings. The smallest absolute Gasteiger partial charge is 0.365 e. The number of nitriles is 1. The van der Waals surface area contributed by atoms with Gasteiger partial charge in [-0.1, -0.05) is 24.3 Å². The van der Waals surface area contributed by atoms with E-state index in [0.717, 1.165) is 28.9 Å². The quantitative estimate of drug-likeness (QED) is 0.762. The summed E-state index contributed by atoms with van der Waals surface area (Å²) >= 11 is 0. The van der Waals surface area contributed by atoms with Crippen molar-refractivity contribution in [2.24, 2.45) is 0 Å². The van der Waals surface area contributed by atoms with Crippen LogP contribution in [0.2, 0.25) is 0 Å². The van der Waals surface area contributed by atoms with Gasteiger partial charge < -0.3 is 15.0 Å². The number of esters is 1. The second-order valence-corrected chi connectivity index (χ2v) is 7.01. The van der Waals surface area contributed by atoms with Gasteiger partial charge in [0.2, 0.25) is 0 Å². The number of nitrogens with one attached hydrogen (secondary N) is 2. The minimum absolute atomic E-state index is 0.164. The van der Waals surface area contributed by atoms with Crippen LogP contribution in [0.5, 0.6) is 0 Å². The van der Waals surface area contributed by atoms with E-state index in [1.54, 1.807) is 0 Å². The fraction of sp³-hybridized carbons (Fsp3) is 0.526. The molecule has 0 spiro atoms. The Balaban J connectivity index is 1.73. The molecule has 1 aliphatic heterocycles. The van der Waals surface area contributed by atoms with Gasteiger partial charge in [-0.05, 0) is 31.2 Å². The predicted molar refractivity (Wildman–Crippen MR) is 90.4 cm³/mol. The second-order valence-electron chi connectivity index (χ2n) is 7.01. The fourth-order valence-electron chi connectivity index (χ4n) is 4.00. The molecule has 1 aromatic carbocycles. The largest absolute Gasteiger partial charge is 0.465 e. The average Bonchev–Trinajstić information content (AvgIpc) is 3.09. The van der Waals surface area contributed by atoms with E-state index in [-0.39, 0.29) is 18.4 Å². The molecule has 2 aliphatic rings. The van der Waals surface area contributed by atoms with Crippen LogP contribution in [-0.4, -0.2) is 37.1 Å². The summed E-state index contributed by atoms with van der Waals surface area (Å²) in [4.78, 5) is 25.6. The van der Waals surface area contributed by atoms with E-state index >= 15 is 0 Å². The fourth-order valence-corrected chi connectivity index (χ4v) is 4.00. The summed E-state index contributed by atoms with van der Waals surface area (Å²) in [6.07, 6.45) is 3.89. The van der Waals surface area contributed by atoms with E-state index in [4.69, 9.17) is 4.74 Å². The van der Waals surface area contributed by atoms with Crippen LogP contribution in [0.1, 0.15) is 36.8 Å². The molecule has 0 radical (unpaired) electrons. The molecule has 1 unspecified atom stereocenters. The third-order valence-corrected chi connectivity index (χ3v) is 5.38. The van der Waals surface area contributed by atoms with Crippen LogP contribution >= 0.6 is 0 Å². The molecular formula is C19H24N3O3+. The lowest BCUT2D eigenvalue weighted by atomic mass is 9.94. The van der Waals surface area contributed by atoms with Crippen LogP contribution in [0.25, 0.3) is 0 Å². The highest BCUT2D eigenvalue weighted by molar-refractivity contribution is 5.79. The number of nitrogens with zero attached hydrogens (tertiary/aromatic N) is 1. The Morgan fingerprint density at radius 3 is 2.64 bits per heavy atom. The molecule has 1 saturated carbocycles. The van der Waals surface area contributed by atoms with Crippen LogP contribution < -0.4 is 10.2 Å². The topological polar surface area (TPSA) is 83.6 Å². The number of hydrogen-bond donors (Lipinski definition) is 2. The monoisotopic (exact) mass is 342 g/mol. The van der Waals surface area contributed by atoms with E-state index in [9.17, 15) is 14.9 Å². The normalized spacial score (nSPS) is 24.0. The van der Waals surface area contributed by atoms with Crippen molar-refractivity contribution >= 4 is 11.9 Å². The van der Waals surface area contributed by atoms with E-state index in [2.05, 4.69) is 11.4 Å². The average molecular weight is 342 g/mol. The molecule has 2 N–H and O–H groups in total. The summed E-state index contributed by atoms with van der Waals surface area (Å²) in [5.41, 5.74) is 1.55. The van der Waals surface area contributed by atoms with E-state index < -0.39 is 11.6 Å². The number of carbonyl (C=O) groups excluding carboxylic acids is 2. The minimum Gasteiger partial charge on any atom is -0.465 e. The van der Waals surface area contributed by atoms with Crippen molar-refractivity contribution in [2.45, 2.75) is 50.2 Å². The van der Waals surface area contributed by atoms with Gasteiger partial charge in [0.25, 0.3) is 5.91 Å². The van der Waals surface area contributed by atoms with Crippen molar-refractivity contribution in [3.63, 3.8) is 0 Å². The van der Waals surface area contributed by atoms with Crippen LogP contribution in [0.15, 0.2) is 24.3 Å².